The second kappa shape index (κ2) is 12.3. The molecule has 2 aromatic rings. The van der Waals surface area contributed by atoms with Crippen molar-refractivity contribution < 1.29 is 14.3 Å². The van der Waals surface area contributed by atoms with Crippen LogP contribution in [0.5, 0.6) is 5.75 Å². The maximum absolute atomic E-state index is 13.1. The van der Waals surface area contributed by atoms with Crippen LogP contribution in [-0.2, 0) is 16.1 Å². The molecule has 0 aliphatic carbocycles. The summed E-state index contributed by atoms with van der Waals surface area (Å²) >= 11 is 1.64. The highest BCUT2D eigenvalue weighted by molar-refractivity contribution is 7.99. The first-order valence-electron chi connectivity index (χ1n) is 10.3. The van der Waals surface area contributed by atoms with Gasteiger partial charge in [-0.25, -0.2) is 0 Å². The minimum atomic E-state index is -0.556. The lowest BCUT2D eigenvalue weighted by molar-refractivity contribution is -0.140. The highest BCUT2D eigenvalue weighted by atomic mass is 32.2. The zero-order valence-electron chi connectivity index (χ0n) is 18.3. The molecular formula is C24H32N2O3S. The van der Waals surface area contributed by atoms with Crippen molar-refractivity contribution in [2.75, 3.05) is 12.9 Å². The number of hydrogen-bond acceptors (Lipinski definition) is 4. The van der Waals surface area contributed by atoms with E-state index < -0.39 is 6.04 Å². The zero-order valence-corrected chi connectivity index (χ0v) is 19.1. The first-order chi connectivity index (χ1) is 14.4. The quantitative estimate of drug-likeness (QED) is 0.535. The van der Waals surface area contributed by atoms with E-state index in [0.717, 1.165) is 22.6 Å². The third kappa shape index (κ3) is 7.41. The fourth-order valence-corrected chi connectivity index (χ4v) is 3.79. The third-order valence-corrected chi connectivity index (χ3v) is 6.00. The Hall–Kier alpha value is -2.47. The van der Waals surface area contributed by atoms with E-state index in [0.29, 0.717) is 18.7 Å². The maximum Gasteiger partial charge on any atom is 0.242 e. The molecule has 2 rings (SSSR count). The Morgan fingerprint density at radius 2 is 1.83 bits per heavy atom. The van der Waals surface area contributed by atoms with Crippen LogP contribution in [0.3, 0.4) is 0 Å². The van der Waals surface area contributed by atoms with Gasteiger partial charge in [-0.05, 0) is 50.1 Å². The van der Waals surface area contributed by atoms with E-state index in [1.165, 1.54) is 0 Å². The van der Waals surface area contributed by atoms with E-state index in [-0.39, 0.29) is 17.9 Å². The van der Waals surface area contributed by atoms with Gasteiger partial charge in [-0.15, -0.1) is 11.8 Å². The molecule has 1 N–H and O–H groups in total. The molecule has 0 fully saturated rings. The fraction of sp³-hybridized carbons (Fsp3) is 0.417. The average molecular weight is 429 g/mol. The number of thioether (sulfide) groups is 1. The van der Waals surface area contributed by atoms with Gasteiger partial charge in [0.15, 0.2) is 0 Å². The summed E-state index contributed by atoms with van der Waals surface area (Å²) in [5, 5.41) is 2.99. The smallest absolute Gasteiger partial charge is 0.242 e. The summed E-state index contributed by atoms with van der Waals surface area (Å²) in [6.07, 6.45) is 1.21. The monoisotopic (exact) mass is 428 g/mol. The molecule has 0 bridgehead atoms. The largest absolute Gasteiger partial charge is 0.497 e. The van der Waals surface area contributed by atoms with Crippen LogP contribution in [0.2, 0.25) is 0 Å². The molecule has 0 spiro atoms. The second-order valence-corrected chi connectivity index (χ2v) is 8.45. The van der Waals surface area contributed by atoms with E-state index in [2.05, 4.69) is 5.32 Å². The topological polar surface area (TPSA) is 58.6 Å². The SMILES string of the molecule is CC[C@@H](C)NC(=O)[C@@H](C)N(Cc1cccc(OC)c1)C(=O)CCSc1ccccc1. The van der Waals surface area contributed by atoms with Crippen LogP contribution in [0.4, 0.5) is 0 Å². The van der Waals surface area contributed by atoms with Gasteiger partial charge in [0.05, 0.1) is 7.11 Å². The highest BCUT2D eigenvalue weighted by Crippen LogP contribution is 2.20. The van der Waals surface area contributed by atoms with E-state index >= 15 is 0 Å². The Morgan fingerprint density at radius 3 is 2.50 bits per heavy atom. The van der Waals surface area contributed by atoms with Crippen molar-refractivity contribution in [2.24, 2.45) is 0 Å². The molecule has 0 saturated heterocycles. The minimum absolute atomic E-state index is 0.0342. The van der Waals surface area contributed by atoms with E-state index in [4.69, 9.17) is 4.74 Å². The van der Waals surface area contributed by atoms with Gasteiger partial charge in [0, 0.05) is 29.7 Å². The van der Waals surface area contributed by atoms with Crippen LogP contribution in [0.25, 0.3) is 0 Å². The number of nitrogens with one attached hydrogen (secondary N) is 1. The summed E-state index contributed by atoms with van der Waals surface area (Å²) in [5.41, 5.74) is 0.932. The van der Waals surface area contributed by atoms with Gasteiger partial charge in [-0.2, -0.15) is 0 Å². The fourth-order valence-electron chi connectivity index (χ4n) is 2.93. The number of nitrogens with zero attached hydrogens (tertiary/aromatic N) is 1. The van der Waals surface area contributed by atoms with Crippen LogP contribution < -0.4 is 10.1 Å². The Bertz CT molecular complexity index is 813. The Morgan fingerprint density at radius 1 is 1.10 bits per heavy atom. The first kappa shape index (κ1) is 23.8. The van der Waals surface area contributed by atoms with Gasteiger partial charge in [-0.3, -0.25) is 9.59 Å². The van der Waals surface area contributed by atoms with Crippen molar-refractivity contribution in [2.45, 2.75) is 57.1 Å². The Balaban J connectivity index is 2.09. The molecule has 0 aliphatic rings. The summed E-state index contributed by atoms with van der Waals surface area (Å²) < 4.78 is 5.30. The van der Waals surface area contributed by atoms with Crippen molar-refractivity contribution >= 4 is 23.6 Å². The molecule has 0 aromatic heterocycles. The standard InChI is InChI=1S/C24H32N2O3S/c1-5-18(2)25-24(28)19(3)26(17-20-10-9-11-21(16-20)29-4)23(27)14-15-30-22-12-7-6-8-13-22/h6-13,16,18-19H,5,14-15,17H2,1-4H3,(H,25,28)/t18-,19-/m1/s1. The molecule has 6 heteroatoms. The van der Waals surface area contributed by atoms with Gasteiger partial charge in [-0.1, -0.05) is 37.3 Å². The van der Waals surface area contributed by atoms with Gasteiger partial charge < -0.3 is 15.0 Å². The summed E-state index contributed by atoms with van der Waals surface area (Å²) in [6.45, 7) is 6.15. The average Bonchev–Trinajstić information content (AvgIpc) is 2.77. The molecule has 0 saturated carbocycles. The van der Waals surface area contributed by atoms with Gasteiger partial charge in [0.2, 0.25) is 11.8 Å². The summed E-state index contributed by atoms with van der Waals surface area (Å²) in [7, 11) is 1.62. The number of hydrogen-bond donors (Lipinski definition) is 1. The Kier molecular flexibility index (Phi) is 9.74. The van der Waals surface area contributed by atoms with Crippen LogP contribution >= 0.6 is 11.8 Å². The summed E-state index contributed by atoms with van der Waals surface area (Å²) in [5.74, 6) is 1.23. The highest BCUT2D eigenvalue weighted by Gasteiger charge is 2.26. The van der Waals surface area contributed by atoms with E-state index in [9.17, 15) is 9.59 Å². The van der Waals surface area contributed by atoms with Crippen molar-refractivity contribution in [3.05, 3.63) is 60.2 Å². The molecule has 0 aliphatic heterocycles. The second-order valence-electron chi connectivity index (χ2n) is 7.28. The maximum atomic E-state index is 13.1. The molecule has 162 valence electrons. The van der Waals surface area contributed by atoms with Gasteiger partial charge in [0.25, 0.3) is 0 Å². The molecule has 2 atom stereocenters. The predicted molar refractivity (Wildman–Crippen MR) is 123 cm³/mol. The third-order valence-electron chi connectivity index (χ3n) is 4.98. The molecule has 0 heterocycles. The van der Waals surface area contributed by atoms with Crippen LogP contribution in [-0.4, -0.2) is 41.7 Å². The number of rotatable bonds is 11. The molecule has 0 unspecified atom stereocenters. The van der Waals surface area contributed by atoms with Crippen molar-refractivity contribution in [3.63, 3.8) is 0 Å². The normalized spacial score (nSPS) is 12.7. The predicted octanol–water partition coefficient (Wildman–Crippen LogP) is 4.51. The van der Waals surface area contributed by atoms with Crippen LogP contribution in [0, 0.1) is 0 Å². The zero-order chi connectivity index (χ0) is 21.9. The van der Waals surface area contributed by atoms with Crippen LogP contribution in [0.1, 0.15) is 39.2 Å². The number of methoxy groups -OCH3 is 1. The molecule has 2 amide bonds. The van der Waals surface area contributed by atoms with Gasteiger partial charge in [0.1, 0.15) is 11.8 Å². The number of ether oxygens (including phenoxy) is 1. The molecule has 30 heavy (non-hydrogen) atoms. The van der Waals surface area contributed by atoms with E-state index in [1.54, 1.807) is 30.7 Å². The lowest BCUT2D eigenvalue weighted by Gasteiger charge is -2.30. The van der Waals surface area contributed by atoms with Gasteiger partial charge >= 0.3 is 0 Å². The number of amides is 2. The minimum Gasteiger partial charge on any atom is -0.497 e. The molecule has 5 nitrogen and oxygen atoms in total. The molecular weight excluding hydrogens is 396 g/mol. The van der Waals surface area contributed by atoms with Crippen molar-refractivity contribution in [1.29, 1.82) is 0 Å². The Labute approximate surface area is 184 Å². The number of benzene rings is 2. The number of carbonyl (C=O) groups is 2. The summed E-state index contributed by atoms with van der Waals surface area (Å²) in [6, 6.07) is 17.1. The van der Waals surface area contributed by atoms with Crippen LogP contribution in [0.15, 0.2) is 59.5 Å². The first-order valence-corrected chi connectivity index (χ1v) is 11.3. The van der Waals surface area contributed by atoms with Crippen molar-refractivity contribution in [1.82, 2.24) is 10.2 Å². The lowest BCUT2D eigenvalue weighted by Crippen LogP contribution is -2.49. The summed E-state index contributed by atoms with van der Waals surface area (Å²) in [4.78, 5) is 28.6. The van der Waals surface area contributed by atoms with Crippen molar-refractivity contribution in [3.8, 4) is 5.75 Å². The lowest BCUT2D eigenvalue weighted by atomic mass is 10.1. The molecule has 0 radical (unpaired) electrons. The molecule has 2 aromatic carbocycles. The van der Waals surface area contributed by atoms with E-state index in [1.807, 2.05) is 68.4 Å². The number of carbonyl (C=O) groups excluding carboxylic acids is 2.